The van der Waals surface area contributed by atoms with Crippen molar-refractivity contribution >= 4 is 22.7 Å². The number of rotatable bonds is 26. The zero-order valence-electron chi connectivity index (χ0n) is 30.4. The van der Waals surface area contributed by atoms with E-state index in [1.807, 2.05) is 36.4 Å². The fraction of sp³-hybridized carbons (Fsp3) is 0.600. The quantitative estimate of drug-likeness (QED) is 0.0725. The largest absolute Gasteiger partial charge is 0.489 e. The molecule has 8 nitrogen and oxygen atoms in total. The highest BCUT2D eigenvalue weighted by Crippen LogP contribution is 2.33. The average molecular weight is 669 g/mol. The third-order valence-corrected chi connectivity index (χ3v) is 8.34. The Hall–Kier alpha value is -3.36. The molecule has 0 bridgehead atoms. The Morgan fingerprint density at radius 3 is 1.33 bits per heavy atom. The Bertz CT molecular complexity index is 1170. The van der Waals surface area contributed by atoms with Gasteiger partial charge in [-0.1, -0.05) is 104 Å². The summed E-state index contributed by atoms with van der Waals surface area (Å²) < 4.78 is 35.9. The van der Waals surface area contributed by atoms with Gasteiger partial charge in [-0.25, -0.2) is 9.59 Å². The van der Waals surface area contributed by atoms with Crippen LogP contribution in [0.1, 0.15) is 92.9 Å². The molecule has 0 fully saturated rings. The highest BCUT2D eigenvalue weighted by Gasteiger charge is 2.21. The molecule has 0 saturated carbocycles. The van der Waals surface area contributed by atoms with Gasteiger partial charge in [0, 0.05) is 35.1 Å². The molecule has 0 radical (unpaired) electrons. The predicted molar refractivity (Wildman–Crippen MR) is 193 cm³/mol. The molecule has 0 spiro atoms. The van der Waals surface area contributed by atoms with E-state index in [1.54, 1.807) is 13.8 Å². The summed E-state index contributed by atoms with van der Waals surface area (Å²) >= 11 is 0. The summed E-state index contributed by atoms with van der Waals surface area (Å²) in [7, 11) is 0. The standard InChI is InChI=1S/C40H60O8/c1-9-13-17-31(11-3)23-43-25-33(47-39(41)29(5)6)27-45-37-21-22-38(36-20-16-15-19-35(36)37)46-28-34(48-40(42)30(7)8)26-44-24-32(12-4)18-14-10-2/h15-16,19-22,31-34H,5,7,9-14,17-18,23-28H2,1-4,6,8H3. The minimum Gasteiger partial charge on any atom is -0.489 e. The highest BCUT2D eigenvalue weighted by atomic mass is 16.6. The van der Waals surface area contributed by atoms with Gasteiger partial charge in [0.1, 0.15) is 24.7 Å². The number of carbonyl (C=O) groups excluding carboxylic acids is 2. The summed E-state index contributed by atoms with van der Waals surface area (Å²) in [6, 6.07) is 11.4. The third kappa shape index (κ3) is 14.8. The number of esters is 2. The van der Waals surface area contributed by atoms with Crippen molar-refractivity contribution in [1.29, 1.82) is 0 Å². The molecule has 0 aliphatic rings. The first-order chi connectivity index (χ1) is 23.1. The summed E-state index contributed by atoms with van der Waals surface area (Å²) in [5.74, 6) is 1.22. The van der Waals surface area contributed by atoms with Crippen molar-refractivity contribution in [3.05, 3.63) is 60.7 Å². The van der Waals surface area contributed by atoms with E-state index in [9.17, 15) is 9.59 Å². The fourth-order valence-electron chi connectivity index (χ4n) is 5.13. The number of hydrogen-bond acceptors (Lipinski definition) is 8. The molecular weight excluding hydrogens is 608 g/mol. The molecule has 48 heavy (non-hydrogen) atoms. The first kappa shape index (κ1) is 40.8. The lowest BCUT2D eigenvalue weighted by Crippen LogP contribution is -2.31. The van der Waals surface area contributed by atoms with Crippen molar-refractivity contribution in [2.45, 2.75) is 105 Å². The number of fused-ring (bicyclic) bond motifs is 1. The van der Waals surface area contributed by atoms with Gasteiger partial charge in [-0.2, -0.15) is 0 Å². The van der Waals surface area contributed by atoms with Crippen LogP contribution in [0.4, 0.5) is 0 Å². The van der Waals surface area contributed by atoms with Gasteiger partial charge >= 0.3 is 11.9 Å². The molecule has 0 N–H and O–H groups in total. The van der Waals surface area contributed by atoms with E-state index in [0.717, 1.165) is 49.3 Å². The van der Waals surface area contributed by atoms with Crippen LogP contribution in [0.3, 0.4) is 0 Å². The van der Waals surface area contributed by atoms with Crippen molar-refractivity contribution in [2.24, 2.45) is 11.8 Å². The molecular formula is C40H60O8. The predicted octanol–water partition coefficient (Wildman–Crippen LogP) is 9.04. The van der Waals surface area contributed by atoms with E-state index in [2.05, 4.69) is 40.9 Å². The van der Waals surface area contributed by atoms with Crippen LogP contribution in [-0.2, 0) is 28.5 Å². The highest BCUT2D eigenvalue weighted by molar-refractivity contribution is 5.93. The van der Waals surface area contributed by atoms with Gasteiger partial charge in [0.2, 0.25) is 0 Å². The lowest BCUT2D eigenvalue weighted by atomic mass is 10.0. The van der Waals surface area contributed by atoms with Gasteiger partial charge in [0.15, 0.2) is 12.2 Å². The van der Waals surface area contributed by atoms with Crippen LogP contribution in [0, 0.1) is 11.8 Å². The first-order valence-corrected chi connectivity index (χ1v) is 17.8. The normalized spacial score (nSPS) is 13.7. The number of benzene rings is 2. The van der Waals surface area contributed by atoms with E-state index < -0.39 is 24.1 Å². The van der Waals surface area contributed by atoms with Gasteiger partial charge in [-0.05, 0) is 50.7 Å². The lowest BCUT2D eigenvalue weighted by Gasteiger charge is -2.22. The van der Waals surface area contributed by atoms with Crippen molar-refractivity contribution in [3.63, 3.8) is 0 Å². The van der Waals surface area contributed by atoms with E-state index >= 15 is 0 Å². The minimum atomic E-state index is -0.606. The second kappa shape index (κ2) is 23.1. The Labute approximate surface area is 289 Å². The van der Waals surface area contributed by atoms with Crippen molar-refractivity contribution in [2.75, 3.05) is 39.6 Å². The SMILES string of the molecule is C=C(C)C(=O)OC(COCC(CC)CCCC)COc1ccc(OCC(COCC(CC)CCCC)OC(=O)C(=C)C)c2ccccc12. The van der Waals surface area contributed by atoms with Crippen LogP contribution in [-0.4, -0.2) is 63.8 Å². The van der Waals surface area contributed by atoms with Gasteiger partial charge < -0.3 is 28.4 Å². The summed E-state index contributed by atoms with van der Waals surface area (Å²) in [4.78, 5) is 24.8. The number of ether oxygens (including phenoxy) is 6. The molecule has 0 saturated heterocycles. The molecule has 0 aliphatic heterocycles. The zero-order valence-corrected chi connectivity index (χ0v) is 30.4. The van der Waals surface area contributed by atoms with Crippen LogP contribution >= 0.6 is 0 Å². The summed E-state index contributed by atoms with van der Waals surface area (Å²) in [5, 5.41) is 1.67. The van der Waals surface area contributed by atoms with E-state index in [1.165, 1.54) is 12.8 Å². The van der Waals surface area contributed by atoms with Gasteiger partial charge in [-0.3, -0.25) is 0 Å². The Balaban J connectivity index is 2.14. The molecule has 2 rings (SSSR count). The Kier molecular flexibility index (Phi) is 19.6. The summed E-state index contributed by atoms with van der Waals surface area (Å²) in [6.45, 7) is 21.3. The lowest BCUT2D eigenvalue weighted by molar-refractivity contribution is -0.150. The van der Waals surface area contributed by atoms with Crippen LogP contribution in [0.2, 0.25) is 0 Å². The van der Waals surface area contributed by atoms with Crippen LogP contribution in [0.25, 0.3) is 10.8 Å². The molecule has 268 valence electrons. The van der Waals surface area contributed by atoms with Crippen molar-refractivity contribution in [1.82, 2.24) is 0 Å². The van der Waals surface area contributed by atoms with Gasteiger partial charge in [0.25, 0.3) is 0 Å². The smallest absolute Gasteiger partial charge is 0.333 e. The van der Waals surface area contributed by atoms with Gasteiger partial charge in [0.05, 0.1) is 13.2 Å². The number of carbonyl (C=O) groups is 2. The van der Waals surface area contributed by atoms with Crippen LogP contribution in [0.5, 0.6) is 11.5 Å². The molecule has 2 aromatic carbocycles. The number of hydrogen-bond donors (Lipinski definition) is 0. The molecule has 8 heteroatoms. The summed E-state index contributed by atoms with van der Waals surface area (Å²) in [5.41, 5.74) is 0.640. The molecule has 0 aliphatic carbocycles. The molecule has 4 unspecified atom stereocenters. The van der Waals surface area contributed by atoms with E-state index in [0.29, 0.717) is 47.7 Å². The Morgan fingerprint density at radius 2 is 1.00 bits per heavy atom. The van der Waals surface area contributed by atoms with Crippen LogP contribution in [0.15, 0.2) is 60.7 Å². The Morgan fingerprint density at radius 1 is 0.604 bits per heavy atom. The number of unbranched alkanes of at least 4 members (excludes halogenated alkanes) is 2. The topological polar surface area (TPSA) is 89.5 Å². The van der Waals surface area contributed by atoms with Crippen LogP contribution < -0.4 is 9.47 Å². The fourth-order valence-corrected chi connectivity index (χ4v) is 5.13. The maximum Gasteiger partial charge on any atom is 0.333 e. The first-order valence-electron chi connectivity index (χ1n) is 17.8. The van der Waals surface area contributed by atoms with E-state index in [4.69, 9.17) is 28.4 Å². The molecule has 0 aromatic heterocycles. The molecule has 0 heterocycles. The maximum atomic E-state index is 12.4. The molecule has 0 amide bonds. The molecule has 4 atom stereocenters. The summed E-state index contributed by atoms with van der Waals surface area (Å²) in [6.07, 6.45) is 7.72. The van der Waals surface area contributed by atoms with E-state index in [-0.39, 0.29) is 26.4 Å². The minimum absolute atomic E-state index is 0.113. The monoisotopic (exact) mass is 668 g/mol. The molecule has 2 aromatic rings. The van der Waals surface area contributed by atoms with Gasteiger partial charge in [-0.15, -0.1) is 0 Å². The van der Waals surface area contributed by atoms with Crippen molar-refractivity contribution < 1.29 is 38.0 Å². The second-order valence-electron chi connectivity index (χ2n) is 12.8. The zero-order chi connectivity index (χ0) is 35.3. The third-order valence-electron chi connectivity index (χ3n) is 8.34. The maximum absolute atomic E-state index is 12.4. The van der Waals surface area contributed by atoms with Crippen molar-refractivity contribution in [3.8, 4) is 11.5 Å². The second-order valence-corrected chi connectivity index (χ2v) is 12.8. The average Bonchev–Trinajstić information content (AvgIpc) is 3.08.